The number of para-hydroxylation sites is 1. The predicted octanol–water partition coefficient (Wildman–Crippen LogP) is 16.0. The molecule has 1 nitrogen and oxygen atoms in total. The zero-order valence-corrected chi connectivity index (χ0v) is 31.4. The van der Waals surface area contributed by atoms with Crippen molar-refractivity contribution >= 4 is 90.9 Å². The molecule has 0 aliphatic carbocycles. The molecule has 11 aromatic rings. The maximum Gasteiger partial charge on any atom is 0.0540 e. The van der Waals surface area contributed by atoms with E-state index >= 15 is 0 Å². The monoisotopic (exact) mass is 735 g/mol. The lowest BCUT2D eigenvalue weighted by Gasteiger charge is -2.29. The zero-order chi connectivity index (χ0) is 36.3. The Morgan fingerprint density at radius 1 is 0.309 bits per heavy atom. The first-order valence-electron chi connectivity index (χ1n) is 18.7. The second kappa shape index (κ2) is 13.1. The van der Waals surface area contributed by atoms with Crippen molar-refractivity contribution in [2.45, 2.75) is 0 Å². The number of hydrogen-bond donors (Lipinski definition) is 0. The van der Waals surface area contributed by atoms with E-state index in [1.54, 1.807) is 0 Å². The lowest BCUT2D eigenvalue weighted by atomic mass is 9.95. The molecule has 3 heteroatoms. The number of anilines is 3. The molecule has 0 spiro atoms. The predicted molar refractivity (Wildman–Crippen MR) is 241 cm³/mol. The average molecular weight is 736 g/mol. The molecule has 0 aliphatic rings. The Labute approximate surface area is 327 Å². The van der Waals surface area contributed by atoms with Crippen LogP contribution in [-0.2, 0) is 0 Å². The summed E-state index contributed by atoms with van der Waals surface area (Å²) in [5, 5.41) is 7.73. The number of rotatable bonds is 6. The lowest BCUT2D eigenvalue weighted by molar-refractivity contribution is 1.28. The molecule has 0 fully saturated rings. The second-order valence-corrected chi connectivity index (χ2v) is 16.2. The van der Waals surface area contributed by atoms with Gasteiger partial charge in [0.05, 0.1) is 5.69 Å². The largest absolute Gasteiger partial charge is 0.310 e. The third-order valence-corrected chi connectivity index (χ3v) is 13.1. The Hall–Kier alpha value is -6.52. The Morgan fingerprint density at radius 2 is 0.855 bits per heavy atom. The van der Waals surface area contributed by atoms with E-state index in [1.807, 2.05) is 22.7 Å². The quantitative estimate of drug-likeness (QED) is 0.164. The first-order valence-corrected chi connectivity index (χ1v) is 20.3. The Bertz CT molecular complexity index is 3230. The van der Waals surface area contributed by atoms with Gasteiger partial charge in [0.25, 0.3) is 0 Å². The van der Waals surface area contributed by atoms with E-state index in [0.29, 0.717) is 0 Å². The van der Waals surface area contributed by atoms with Crippen molar-refractivity contribution in [2.75, 3.05) is 4.90 Å². The van der Waals surface area contributed by atoms with Crippen LogP contribution in [0, 0.1) is 0 Å². The van der Waals surface area contributed by atoms with Crippen molar-refractivity contribution < 1.29 is 0 Å². The normalized spacial score (nSPS) is 11.6. The van der Waals surface area contributed by atoms with E-state index in [9.17, 15) is 0 Å². The van der Waals surface area contributed by atoms with Crippen LogP contribution in [0.4, 0.5) is 17.1 Å². The maximum absolute atomic E-state index is 2.45. The van der Waals surface area contributed by atoms with Crippen LogP contribution in [0.2, 0.25) is 0 Å². The fourth-order valence-electron chi connectivity index (χ4n) is 8.34. The number of nitrogens with zero attached hydrogens (tertiary/aromatic N) is 1. The summed E-state index contributed by atoms with van der Waals surface area (Å²) in [4.78, 5) is 2.45. The maximum atomic E-state index is 2.45. The molecule has 0 N–H and O–H groups in total. The van der Waals surface area contributed by atoms with Gasteiger partial charge in [0.15, 0.2) is 0 Å². The minimum atomic E-state index is 1.11. The fraction of sp³-hybridized carbons (Fsp3) is 0. The summed E-state index contributed by atoms with van der Waals surface area (Å²) in [6, 6.07) is 73.5. The number of benzene rings is 9. The second-order valence-electron chi connectivity index (χ2n) is 14.1. The first kappa shape index (κ1) is 32.0. The topological polar surface area (TPSA) is 3.24 Å². The first-order chi connectivity index (χ1) is 27.3. The van der Waals surface area contributed by atoms with Crippen LogP contribution in [-0.4, -0.2) is 0 Å². The molecule has 2 heterocycles. The van der Waals surface area contributed by atoms with Gasteiger partial charge in [-0.05, 0) is 99.3 Å². The Balaban J connectivity index is 1.13. The summed E-state index contributed by atoms with van der Waals surface area (Å²) < 4.78 is 5.27. The molecule has 0 radical (unpaired) electrons. The van der Waals surface area contributed by atoms with Gasteiger partial charge in [-0.15, -0.1) is 22.7 Å². The van der Waals surface area contributed by atoms with Gasteiger partial charge in [-0.25, -0.2) is 0 Å². The lowest BCUT2D eigenvalue weighted by Crippen LogP contribution is -2.11. The highest BCUT2D eigenvalue weighted by Crippen LogP contribution is 2.46. The molecule has 11 rings (SSSR count). The zero-order valence-electron chi connectivity index (χ0n) is 29.8. The van der Waals surface area contributed by atoms with Crippen LogP contribution < -0.4 is 4.90 Å². The summed E-state index contributed by atoms with van der Waals surface area (Å²) in [7, 11) is 0. The van der Waals surface area contributed by atoms with Gasteiger partial charge in [0.1, 0.15) is 0 Å². The van der Waals surface area contributed by atoms with Crippen molar-refractivity contribution in [1.29, 1.82) is 0 Å². The molecule has 9 aromatic carbocycles. The minimum absolute atomic E-state index is 1.11. The molecule has 2 aromatic heterocycles. The SMILES string of the molecule is c1cc(-c2ccc3sc4ccccc4c3c2)cc(N(c2cccc(-c3cccc4sc5ccccc5c34)c2)c2ccccc2-c2cccc3ccccc23)c1. The molecule has 0 saturated heterocycles. The van der Waals surface area contributed by atoms with E-state index in [0.717, 1.165) is 17.1 Å². The summed E-state index contributed by atoms with van der Waals surface area (Å²) in [5.41, 5.74) is 10.6. The van der Waals surface area contributed by atoms with E-state index in [-0.39, 0.29) is 0 Å². The molecule has 258 valence electrons. The molecular weight excluding hydrogens is 703 g/mol. The van der Waals surface area contributed by atoms with Crippen molar-refractivity contribution in [3.05, 3.63) is 200 Å². The van der Waals surface area contributed by atoms with Gasteiger partial charge in [-0.3, -0.25) is 0 Å². The van der Waals surface area contributed by atoms with Crippen LogP contribution in [0.5, 0.6) is 0 Å². The van der Waals surface area contributed by atoms with Crippen molar-refractivity contribution in [3.63, 3.8) is 0 Å². The van der Waals surface area contributed by atoms with Gasteiger partial charge < -0.3 is 4.90 Å². The van der Waals surface area contributed by atoms with Crippen molar-refractivity contribution in [2.24, 2.45) is 0 Å². The van der Waals surface area contributed by atoms with Crippen LogP contribution in [0.3, 0.4) is 0 Å². The van der Waals surface area contributed by atoms with Crippen molar-refractivity contribution in [3.8, 4) is 33.4 Å². The standard InChI is InChI=1S/C52H33NS2/c1-2-19-40-34(13-1)14-11-24-42(40)43-20-3-6-25-47(43)53(38-17-9-15-35(31-38)36-29-30-50-46(33-36)44-21-4-7-26-48(44)54-50)39-18-10-16-37(32-39)41-23-12-28-51-52(41)45-22-5-8-27-49(45)55-51/h1-33H. The summed E-state index contributed by atoms with van der Waals surface area (Å²) in [6.07, 6.45) is 0. The van der Waals surface area contributed by atoms with Gasteiger partial charge in [-0.2, -0.15) is 0 Å². The number of thiophene rings is 2. The van der Waals surface area contributed by atoms with Gasteiger partial charge in [-0.1, -0.05) is 140 Å². The third-order valence-electron chi connectivity index (χ3n) is 10.9. The molecule has 0 bridgehead atoms. The van der Waals surface area contributed by atoms with Crippen LogP contribution in [0.1, 0.15) is 0 Å². The highest BCUT2D eigenvalue weighted by Gasteiger charge is 2.20. The summed E-state index contributed by atoms with van der Waals surface area (Å²) in [5.74, 6) is 0. The molecule has 0 saturated carbocycles. The number of hydrogen-bond acceptors (Lipinski definition) is 3. The van der Waals surface area contributed by atoms with Crippen LogP contribution in [0.25, 0.3) is 84.5 Å². The average Bonchev–Trinajstić information content (AvgIpc) is 3.82. The van der Waals surface area contributed by atoms with Gasteiger partial charge in [0, 0.05) is 57.3 Å². The molecule has 0 amide bonds. The van der Waals surface area contributed by atoms with Crippen LogP contribution >= 0.6 is 22.7 Å². The Morgan fingerprint density at radius 3 is 1.73 bits per heavy atom. The van der Waals surface area contributed by atoms with E-state index < -0.39 is 0 Å². The molecule has 0 atom stereocenters. The molecular formula is C52H33NS2. The van der Waals surface area contributed by atoms with Crippen molar-refractivity contribution in [1.82, 2.24) is 0 Å². The smallest absolute Gasteiger partial charge is 0.0540 e. The van der Waals surface area contributed by atoms with E-state index in [2.05, 4.69) is 205 Å². The highest BCUT2D eigenvalue weighted by atomic mass is 32.1. The highest BCUT2D eigenvalue weighted by molar-refractivity contribution is 7.26. The van der Waals surface area contributed by atoms with Gasteiger partial charge in [0.2, 0.25) is 0 Å². The summed E-state index contributed by atoms with van der Waals surface area (Å²) >= 11 is 3.73. The van der Waals surface area contributed by atoms with Crippen LogP contribution in [0.15, 0.2) is 200 Å². The molecule has 0 aliphatic heterocycles. The molecule has 0 unspecified atom stereocenters. The fourth-order valence-corrected chi connectivity index (χ4v) is 10.6. The van der Waals surface area contributed by atoms with E-state index in [4.69, 9.17) is 0 Å². The minimum Gasteiger partial charge on any atom is -0.310 e. The van der Waals surface area contributed by atoms with E-state index in [1.165, 1.54) is 84.5 Å². The third kappa shape index (κ3) is 5.43. The summed E-state index contributed by atoms with van der Waals surface area (Å²) in [6.45, 7) is 0. The van der Waals surface area contributed by atoms with Gasteiger partial charge >= 0.3 is 0 Å². The Kier molecular flexibility index (Phi) is 7.61. The molecule has 55 heavy (non-hydrogen) atoms. The number of fused-ring (bicyclic) bond motifs is 7.